The minimum absolute atomic E-state index is 0.303. The number of hydrogen-bond donors (Lipinski definition) is 2. The van der Waals surface area contributed by atoms with Gasteiger partial charge in [-0.2, -0.15) is 0 Å². The first kappa shape index (κ1) is 13.6. The van der Waals surface area contributed by atoms with Crippen LogP contribution in [0.1, 0.15) is 43.9 Å². The molecule has 100 valence electrons. The highest BCUT2D eigenvalue weighted by Gasteiger charge is 2.27. The number of nitrogens with two attached hydrogens (primary N) is 1. The van der Waals surface area contributed by atoms with Crippen LogP contribution in [-0.4, -0.2) is 13.1 Å². The lowest BCUT2D eigenvalue weighted by Gasteiger charge is -2.20. The summed E-state index contributed by atoms with van der Waals surface area (Å²) in [4.78, 5) is 0. The summed E-state index contributed by atoms with van der Waals surface area (Å²) in [5.74, 6) is 1.74. The Bertz CT molecular complexity index is 354. The average Bonchev–Trinajstić information content (AvgIpc) is 3.24. The normalized spacial score (nSPS) is 18.6. The minimum Gasteiger partial charge on any atom is -0.329 e. The molecule has 0 saturated heterocycles. The predicted molar refractivity (Wildman–Crippen MR) is 77.5 cm³/mol. The van der Waals surface area contributed by atoms with E-state index in [2.05, 4.69) is 43.4 Å². The maximum atomic E-state index is 5.89. The third kappa shape index (κ3) is 3.56. The first-order valence-corrected chi connectivity index (χ1v) is 7.26. The second-order valence-electron chi connectivity index (χ2n) is 5.61. The lowest BCUT2D eigenvalue weighted by Crippen LogP contribution is -2.32. The van der Waals surface area contributed by atoms with Crippen molar-refractivity contribution in [1.29, 1.82) is 0 Å². The number of rotatable bonds is 7. The minimum atomic E-state index is 0.303. The van der Waals surface area contributed by atoms with E-state index in [-0.39, 0.29) is 0 Å². The molecule has 2 heteroatoms. The summed E-state index contributed by atoms with van der Waals surface area (Å²) >= 11 is 0. The highest BCUT2D eigenvalue weighted by molar-refractivity contribution is 5.25. The summed E-state index contributed by atoms with van der Waals surface area (Å²) < 4.78 is 0. The van der Waals surface area contributed by atoms with E-state index in [1.807, 2.05) is 0 Å². The fraction of sp³-hybridized carbons (Fsp3) is 0.625. The maximum absolute atomic E-state index is 5.89. The van der Waals surface area contributed by atoms with Crippen LogP contribution in [0.5, 0.6) is 0 Å². The third-order valence-corrected chi connectivity index (χ3v) is 4.14. The Kier molecular flexibility index (Phi) is 4.79. The zero-order valence-electron chi connectivity index (χ0n) is 11.7. The van der Waals surface area contributed by atoms with Gasteiger partial charge in [0, 0.05) is 12.6 Å². The Morgan fingerprint density at radius 2 is 1.94 bits per heavy atom. The van der Waals surface area contributed by atoms with Gasteiger partial charge in [0.1, 0.15) is 0 Å². The molecule has 2 unspecified atom stereocenters. The van der Waals surface area contributed by atoms with Crippen molar-refractivity contribution in [3.8, 4) is 0 Å². The molecule has 0 bridgehead atoms. The SMILES string of the molecule is CCc1ccc(C(CN)NCC(C)C2CC2)cc1. The number of benzene rings is 1. The average molecular weight is 246 g/mol. The predicted octanol–water partition coefficient (Wildman–Crippen LogP) is 2.88. The zero-order valence-corrected chi connectivity index (χ0v) is 11.7. The van der Waals surface area contributed by atoms with Gasteiger partial charge in [-0.25, -0.2) is 0 Å². The van der Waals surface area contributed by atoms with Gasteiger partial charge in [-0.05, 0) is 48.8 Å². The molecule has 1 aromatic rings. The van der Waals surface area contributed by atoms with E-state index in [1.54, 1.807) is 0 Å². The molecule has 0 amide bonds. The molecular weight excluding hydrogens is 220 g/mol. The van der Waals surface area contributed by atoms with Gasteiger partial charge in [0.15, 0.2) is 0 Å². The van der Waals surface area contributed by atoms with Crippen molar-refractivity contribution in [2.45, 2.75) is 39.2 Å². The van der Waals surface area contributed by atoms with Crippen LogP contribution in [-0.2, 0) is 6.42 Å². The molecule has 18 heavy (non-hydrogen) atoms. The van der Waals surface area contributed by atoms with Crippen LogP contribution in [0.4, 0.5) is 0 Å². The van der Waals surface area contributed by atoms with Gasteiger partial charge in [-0.15, -0.1) is 0 Å². The van der Waals surface area contributed by atoms with Crippen molar-refractivity contribution < 1.29 is 0 Å². The van der Waals surface area contributed by atoms with Gasteiger partial charge < -0.3 is 11.1 Å². The molecule has 2 atom stereocenters. The van der Waals surface area contributed by atoms with Crippen LogP contribution in [0.25, 0.3) is 0 Å². The van der Waals surface area contributed by atoms with Crippen LogP contribution < -0.4 is 11.1 Å². The van der Waals surface area contributed by atoms with Gasteiger partial charge in [0.2, 0.25) is 0 Å². The van der Waals surface area contributed by atoms with E-state index >= 15 is 0 Å². The molecule has 1 fully saturated rings. The van der Waals surface area contributed by atoms with Crippen molar-refractivity contribution in [3.63, 3.8) is 0 Å². The number of hydrogen-bond acceptors (Lipinski definition) is 2. The van der Waals surface area contributed by atoms with Gasteiger partial charge in [-0.3, -0.25) is 0 Å². The van der Waals surface area contributed by atoms with E-state index in [0.717, 1.165) is 24.8 Å². The second kappa shape index (κ2) is 6.35. The smallest absolute Gasteiger partial charge is 0.0444 e. The molecule has 0 radical (unpaired) electrons. The highest BCUT2D eigenvalue weighted by Crippen LogP contribution is 2.36. The summed E-state index contributed by atoms with van der Waals surface area (Å²) in [6.07, 6.45) is 3.93. The third-order valence-electron chi connectivity index (χ3n) is 4.14. The number of nitrogens with one attached hydrogen (secondary N) is 1. The van der Waals surface area contributed by atoms with Crippen molar-refractivity contribution in [2.75, 3.05) is 13.1 Å². The van der Waals surface area contributed by atoms with Gasteiger partial charge >= 0.3 is 0 Å². The molecule has 0 heterocycles. The quantitative estimate of drug-likeness (QED) is 0.776. The molecule has 1 aliphatic rings. The number of aryl methyl sites for hydroxylation is 1. The van der Waals surface area contributed by atoms with Crippen LogP contribution in [0.3, 0.4) is 0 Å². The highest BCUT2D eigenvalue weighted by atomic mass is 14.9. The molecule has 1 saturated carbocycles. The molecule has 1 aliphatic carbocycles. The fourth-order valence-corrected chi connectivity index (χ4v) is 2.48. The molecule has 0 aromatic heterocycles. The molecular formula is C16H26N2. The maximum Gasteiger partial charge on any atom is 0.0444 e. The monoisotopic (exact) mass is 246 g/mol. The van der Waals surface area contributed by atoms with E-state index in [1.165, 1.54) is 24.0 Å². The Morgan fingerprint density at radius 3 is 2.44 bits per heavy atom. The van der Waals surface area contributed by atoms with E-state index in [9.17, 15) is 0 Å². The van der Waals surface area contributed by atoms with E-state index < -0.39 is 0 Å². The van der Waals surface area contributed by atoms with Gasteiger partial charge in [-0.1, -0.05) is 38.1 Å². The molecule has 2 nitrogen and oxygen atoms in total. The van der Waals surface area contributed by atoms with Crippen molar-refractivity contribution in [2.24, 2.45) is 17.6 Å². The Balaban J connectivity index is 1.89. The van der Waals surface area contributed by atoms with Crippen LogP contribution >= 0.6 is 0 Å². The molecule has 2 rings (SSSR count). The Morgan fingerprint density at radius 1 is 1.28 bits per heavy atom. The Labute approximate surface area is 111 Å². The first-order valence-electron chi connectivity index (χ1n) is 7.26. The van der Waals surface area contributed by atoms with Crippen molar-refractivity contribution in [1.82, 2.24) is 5.32 Å². The van der Waals surface area contributed by atoms with Crippen molar-refractivity contribution in [3.05, 3.63) is 35.4 Å². The Hall–Kier alpha value is -0.860. The first-order chi connectivity index (χ1) is 8.74. The fourth-order valence-electron chi connectivity index (χ4n) is 2.48. The summed E-state index contributed by atoms with van der Waals surface area (Å²) in [5, 5.41) is 3.62. The summed E-state index contributed by atoms with van der Waals surface area (Å²) in [5.41, 5.74) is 8.60. The zero-order chi connectivity index (χ0) is 13.0. The van der Waals surface area contributed by atoms with Gasteiger partial charge in [0.25, 0.3) is 0 Å². The summed E-state index contributed by atoms with van der Waals surface area (Å²) in [6, 6.07) is 9.15. The van der Waals surface area contributed by atoms with Crippen LogP contribution in [0.15, 0.2) is 24.3 Å². The standard InChI is InChI=1S/C16H26N2/c1-3-13-4-6-15(7-5-13)16(10-17)18-11-12(2)14-8-9-14/h4-7,12,14,16,18H,3,8-11,17H2,1-2H3. The molecule has 0 spiro atoms. The molecule has 3 N–H and O–H groups in total. The second-order valence-corrected chi connectivity index (χ2v) is 5.61. The molecule has 0 aliphatic heterocycles. The van der Waals surface area contributed by atoms with Crippen LogP contribution in [0, 0.1) is 11.8 Å². The lowest BCUT2D eigenvalue weighted by atomic mass is 10.0. The van der Waals surface area contributed by atoms with Gasteiger partial charge in [0.05, 0.1) is 0 Å². The van der Waals surface area contributed by atoms with Crippen molar-refractivity contribution >= 4 is 0 Å². The summed E-state index contributed by atoms with van der Waals surface area (Å²) in [6.45, 7) is 6.29. The van der Waals surface area contributed by atoms with E-state index in [4.69, 9.17) is 5.73 Å². The van der Waals surface area contributed by atoms with E-state index in [0.29, 0.717) is 12.6 Å². The largest absolute Gasteiger partial charge is 0.329 e. The summed E-state index contributed by atoms with van der Waals surface area (Å²) in [7, 11) is 0. The topological polar surface area (TPSA) is 38.0 Å². The van der Waals surface area contributed by atoms with Crippen LogP contribution in [0.2, 0.25) is 0 Å². The molecule has 1 aromatic carbocycles. The lowest BCUT2D eigenvalue weighted by molar-refractivity contribution is 0.422.